The molecule has 0 spiro atoms. The maximum absolute atomic E-state index is 12.0. The second kappa shape index (κ2) is 4.93. The number of nitrogens with zero attached hydrogens (tertiary/aromatic N) is 1. The van der Waals surface area contributed by atoms with Crippen molar-refractivity contribution in [3.63, 3.8) is 0 Å². The van der Waals surface area contributed by atoms with Gasteiger partial charge in [-0.1, -0.05) is 6.92 Å². The van der Waals surface area contributed by atoms with Crippen molar-refractivity contribution >= 4 is 11.8 Å². The zero-order valence-corrected chi connectivity index (χ0v) is 9.70. The predicted molar refractivity (Wildman–Crippen MR) is 56.9 cm³/mol. The van der Waals surface area contributed by atoms with Crippen molar-refractivity contribution < 1.29 is 19.2 Å². The van der Waals surface area contributed by atoms with Crippen molar-refractivity contribution in [2.24, 2.45) is 0 Å². The second-order valence-corrected chi connectivity index (χ2v) is 4.41. The van der Waals surface area contributed by atoms with E-state index in [-0.39, 0.29) is 17.9 Å². The number of amides is 2. The van der Waals surface area contributed by atoms with Gasteiger partial charge in [0.05, 0.1) is 19.6 Å². The number of likely N-dealkylation sites (tertiary alicyclic amines) is 1. The van der Waals surface area contributed by atoms with Crippen molar-refractivity contribution in [1.29, 1.82) is 0 Å². The third kappa shape index (κ3) is 2.10. The van der Waals surface area contributed by atoms with Gasteiger partial charge in [-0.2, -0.15) is 0 Å². The molecule has 0 radical (unpaired) electrons. The molecule has 0 aromatic heterocycles. The molecule has 0 aliphatic carbocycles. The van der Waals surface area contributed by atoms with Gasteiger partial charge in [0.1, 0.15) is 13.1 Å². The molecule has 16 heavy (non-hydrogen) atoms. The molecule has 0 saturated carbocycles. The fourth-order valence-corrected chi connectivity index (χ4v) is 2.44. The zero-order valence-electron chi connectivity index (χ0n) is 9.70. The number of nitrogens with one attached hydrogen (secondary N) is 1. The van der Waals surface area contributed by atoms with Gasteiger partial charge in [-0.3, -0.25) is 14.5 Å². The Hall–Kier alpha value is -0.940. The first-order valence-corrected chi connectivity index (χ1v) is 6.00. The van der Waals surface area contributed by atoms with E-state index in [9.17, 15) is 9.59 Å². The number of ether oxygens (including phenoxy) is 1. The largest absolute Gasteiger partial charge is 0.370 e. The van der Waals surface area contributed by atoms with E-state index in [1.807, 2.05) is 6.92 Å². The molecule has 5 heteroatoms. The molecule has 1 N–H and O–H groups in total. The monoisotopic (exact) mass is 227 g/mol. The summed E-state index contributed by atoms with van der Waals surface area (Å²) in [5.41, 5.74) is 0. The molecule has 2 fully saturated rings. The quantitative estimate of drug-likeness (QED) is 0.593. The Labute approximate surface area is 95.3 Å². The summed E-state index contributed by atoms with van der Waals surface area (Å²) < 4.78 is 5.27. The summed E-state index contributed by atoms with van der Waals surface area (Å²) in [5, 5.41) is 0. The number of quaternary nitrogens is 1. The van der Waals surface area contributed by atoms with Crippen LogP contribution in [0.25, 0.3) is 0 Å². The SMILES string of the molecule is CCCN1C(=O)C[C@H]([NH+]2CCOCC2)C1=O. The topological polar surface area (TPSA) is 51.1 Å². The zero-order chi connectivity index (χ0) is 11.5. The number of carbonyl (C=O) groups excluding carboxylic acids is 2. The molecule has 5 nitrogen and oxygen atoms in total. The Kier molecular flexibility index (Phi) is 3.56. The van der Waals surface area contributed by atoms with E-state index in [1.54, 1.807) is 0 Å². The highest BCUT2D eigenvalue weighted by Crippen LogP contribution is 2.11. The molecule has 0 aromatic carbocycles. The lowest BCUT2D eigenvalue weighted by Crippen LogP contribution is -3.18. The van der Waals surface area contributed by atoms with E-state index in [4.69, 9.17) is 4.74 Å². The molecule has 0 unspecified atom stereocenters. The Morgan fingerprint density at radius 1 is 1.38 bits per heavy atom. The molecular formula is C11H19N2O3+. The summed E-state index contributed by atoms with van der Waals surface area (Å²) in [6.07, 6.45) is 1.22. The van der Waals surface area contributed by atoms with Crippen LogP contribution in [0.3, 0.4) is 0 Å². The van der Waals surface area contributed by atoms with Crippen molar-refractivity contribution in [1.82, 2.24) is 4.90 Å². The van der Waals surface area contributed by atoms with E-state index in [0.717, 1.165) is 19.5 Å². The predicted octanol–water partition coefficient (Wildman–Crippen LogP) is -1.56. The highest BCUT2D eigenvalue weighted by atomic mass is 16.5. The van der Waals surface area contributed by atoms with Crippen LogP contribution in [0.2, 0.25) is 0 Å². The van der Waals surface area contributed by atoms with Gasteiger partial charge in [0.25, 0.3) is 5.91 Å². The standard InChI is InChI=1S/C11H18N2O3/c1-2-3-13-10(14)8-9(11(13)15)12-4-6-16-7-5-12/h9H,2-8H2,1H3/p+1/t9-/m0/s1. The van der Waals surface area contributed by atoms with Gasteiger partial charge in [-0.05, 0) is 6.42 Å². The van der Waals surface area contributed by atoms with Crippen LogP contribution in [-0.2, 0) is 14.3 Å². The first kappa shape index (κ1) is 11.5. The summed E-state index contributed by atoms with van der Waals surface area (Å²) in [6, 6.07) is -0.150. The van der Waals surface area contributed by atoms with E-state index >= 15 is 0 Å². The van der Waals surface area contributed by atoms with Gasteiger partial charge in [-0.15, -0.1) is 0 Å². The number of morpholine rings is 1. The van der Waals surface area contributed by atoms with E-state index in [2.05, 4.69) is 0 Å². The van der Waals surface area contributed by atoms with Gasteiger partial charge in [0.15, 0.2) is 6.04 Å². The highest BCUT2D eigenvalue weighted by molar-refractivity contribution is 6.04. The molecule has 2 aliphatic rings. The lowest BCUT2D eigenvalue weighted by atomic mass is 10.2. The van der Waals surface area contributed by atoms with Crippen LogP contribution in [0.4, 0.5) is 0 Å². The fourth-order valence-electron chi connectivity index (χ4n) is 2.44. The number of hydrogen-bond acceptors (Lipinski definition) is 3. The van der Waals surface area contributed by atoms with E-state index < -0.39 is 0 Å². The normalized spacial score (nSPS) is 27.8. The van der Waals surface area contributed by atoms with Crippen molar-refractivity contribution in [3.8, 4) is 0 Å². The van der Waals surface area contributed by atoms with E-state index in [0.29, 0.717) is 26.2 Å². The fraction of sp³-hybridized carbons (Fsp3) is 0.818. The van der Waals surface area contributed by atoms with Crippen LogP contribution in [0, 0.1) is 0 Å². The second-order valence-electron chi connectivity index (χ2n) is 4.41. The minimum atomic E-state index is -0.150. The Morgan fingerprint density at radius 3 is 2.69 bits per heavy atom. The van der Waals surface area contributed by atoms with Gasteiger partial charge >= 0.3 is 0 Å². The lowest BCUT2D eigenvalue weighted by molar-refractivity contribution is -0.922. The van der Waals surface area contributed by atoms with Gasteiger partial charge < -0.3 is 9.64 Å². The number of hydrogen-bond donors (Lipinski definition) is 1. The van der Waals surface area contributed by atoms with Crippen LogP contribution in [0.5, 0.6) is 0 Å². The first-order chi connectivity index (χ1) is 7.74. The van der Waals surface area contributed by atoms with Crippen molar-refractivity contribution in [3.05, 3.63) is 0 Å². The third-order valence-electron chi connectivity index (χ3n) is 3.32. The van der Waals surface area contributed by atoms with Gasteiger partial charge in [0, 0.05) is 6.54 Å². The van der Waals surface area contributed by atoms with Crippen LogP contribution >= 0.6 is 0 Å². The lowest BCUT2D eigenvalue weighted by Gasteiger charge is -2.27. The summed E-state index contributed by atoms with van der Waals surface area (Å²) in [5.74, 6) is 0.0135. The molecule has 2 amide bonds. The summed E-state index contributed by atoms with van der Waals surface area (Å²) >= 11 is 0. The molecule has 0 bridgehead atoms. The maximum Gasteiger partial charge on any atom is 0.288 e. The van der Waals surface area contributed by atoms with Crippen molar-refractivity contribution in [2.75, 3.05) is 32.8 Å². The van der Waals surface area contributed by atoms with Crippen LogP contribution in [-0.4, -0.2) is 55.6 Å². The molecule has 90 valence electrons. The van der Waals surface area contributed by atoms with E-state index in [1.165, 1.54) is 9.80 Å². The summed E-state index contributed by atoms with van der Waals surface area (Å²) in [4.78, 5) is 26.4. The third-order valence-corrected chi connectivity index (χ3v) is 3.32. The van der Waals surface area contributed by atoms with Gasteiger partial charge in [0.2, 0.25) is 5.91 Å². The minimum absolute atomic E-state index is 0.00385. The average Bonchev–Trinajstić information content (AvgIpc) is 2.59. The highest BCUT2D eigenvalue weighted by Gasteiger charge is 2.44. The Morgan fingerprint density at radius 2 is 2.06 bits per heavy atom. The molecule has 2 heterocycles. The van der Waals surface area contributed by atoms with Gasteiger partial charge in [-0.25, -0.2) is 0 Å². The smallest absolute Gasteiger partial charge is 0.288 e. The summed E-state index contributed by atoms with van der Waals surface area (Å²) in [7, 11) is 0. The molecule has 2 rings (SSSR count). The number of imide groups is 1. The molecule has 0 aromatic rings. The molecule has 1 atom stereocenters. The maximum atomic E-state index is 12.0. The number of rotatable bonds is 3. The first-order valence-electron chi connectivity index (χ1n) is 6.00. The molecule has 2 saturated heterocycles. The molecule has 2 aliphatic heterocycles. The summed E-state index contributed by atoms with van der Waals surface area (Å²) in [6.45, 7) is 5.61. The Balaban J connectivity index is 2.01. The average molecular weight is 227 g/mol. The molecular weight excluding hydrogens is 208 g/mol. The van der Waals surface area contributed by atoms with Crippen LogP contribution in [0.15, 0.2) is 0 Å². The number of carbonyl (C=O) groups is 2. The Bertz CT molecular complexity index is 287. The van der Waals surface area contributed by atoms with Crippen LogP contribution in [0.1, 0.15) is 19.8 Å². The van der Waals surface area contributed by atoms with Crippen molar-refractivity contribution in [2.45, 2.75) is 25.8 Å². The van der Waals surface area contributed by atoms with Crippen LogP contribution < -0.4 is 4.90 Å². The minimum Gasteiger partial charge on any atom is -0.370 e.